The van der Waals surface area contributed by atoms with Gasteiger partial charge in [-0.15, -0.1) is 0 Å². The fourth-order valence-corrected chi connectivity index (χ4v) is 3.32. The predicted octanol–water partition coefficient (Wildman–Crippen LogP) is 5.59. The molecule has 0 amide bonds. The molecule has 0 fully saturated rings. The van der Waals surface area contributed by atoms with Crippen molar-refractivity contribution < 1.29 is 4.74 Å². The van der Waals surface area contributed by atoms with Gasteiger partial charge in [0.15, 0.2) is 0 Å². The third kappa shape index (κ3) is 3.21. The molecule has 0 aliphatic carbocycles. The number of aromatic nitrogens is 1. The zero-order chi connectivity index (χ0) is 18.8. The molecule has 4 rings (SSSR count). The molecule has 0 radical (unpaired) electrons. The lowest BCUT2D eigenvalue weighted by molar-refractivity contribution is 0.438. The van der Waals surface area contributed by atoms with Crippen molar-refractivity contribution in [3.05, 3.63) is 89.1 Å². The molecule has 3 aromatic carbocycles. The third-order valence-corrected chi connectivity index (χ3v) is 4.75. The van der Waals surface area contributed by atoms with Gasteiger partial charge in [0.2, 0.25) is 5.88 Å². The number of hydrogen-bond acceptors (Lipinski definition) is 3. The number of para-hydroxylation sites is 1. The van der Waals surface area contributed by atoms with Crippen molar-refractivity contribution in [2.45, 2.75) is 6.54 Å². The number of ether oxygens (including phenoxy) is 1. The van der Waals surface area contributed by atoms with E-state index in [0.29, 0.717) is 34.6 Å². The van der Waals surface area contributed by atoms with Gasteiger partial charge in [-0.2, -0.15) is 5.26 Å². The highest BCUT2D eigenvalue weighted by atomic mass is 35.5. The first kappa shape index (κ1) is 17.0. The van der Waals surface area contributed by atoms with Crippen LogP contribution in [0.25, 0.3) is 10.8 Å². The number of nitrogens with two attached hydrogens (primary N) is 1. The quantitative estimate of drug-likeness (QED) is 0.507. The third-order valence-electron chi connectivity index (χ3n) is 4.44. The van der Waals surface area contributed by atoms with E-state index in [4.69, 9.17) is 22.1 Å². The first-order valence-corrected chi connectivity index (χ1v) is 8.83. The Kier molecular flexibility index (Phi) is 4.45. The van der Waals surface area contributed by atoms with Gasteiger partial charge in [0.25, 0.3) is 0 Å². The van der Waals surface area contributed by atoms with Crippen LogP contribution >= 0.6 is 11.6 Å². The van der Waals surface area contributed by atoms with Crippen LogP contribution in [0.2, 0.25) is 5.02 Å². The maximum Gasteiger partial charge on any atom is 0.224 e. The van der Waals surface area contributed by atoms with Crippen molar-refractivity contribution in [3.63, 3.8) is 0 Å². The maximum absolute atomic E-state index is 9.56. The molecule has 5 heteroatoms. The van der Waals surface area contributed by atoms with Crippen LogP contribution in [-0.4, -0.2) is 4.57 Å². The van der Waals surface area contributed by atoms with E-state index in [0.717, 1.165) is 16.3 Å². The zero-order valence-corrected chi connectivity index (χ0v) is 15.1. The molecule has 132 valence electrons. The van der Waals surface area contributed by atoms with Crippen LogP contribution in [0.3, 0.4) is 0 Å². The molecule has 0 spiro atoms. The van der Waals surface area contributed by atoms with Crippen molar-refractivity contribution in [1.82, 2.24) is 4.57 Å². The van der Waals surface area contributed by atoms with Gasteiger partial charge >= 0.3 is 0 Å². The van der Waals surface area contributed by atoms with Crippen LogP contribution < -0.4 is 10.5 Å². The monoisotopic (exact) mass is 373 g/mol. The number of nitrogens with zero attached hydrogens (tertiary/aromatic N) is 2. The number of halogens is 1. The molecule has 1 heterocycles. The summed E-state index contributed by atoms with van der Waals surface area (Å²) in [4.78, 5) is 0. The number of hydrogen-bond donors (Lipinski definition) is 1. The Balaban J connectivity index is 1.80. The van der Waals surface area contributed by atoms with Gasteiger partial charge in [-0.3, -0.25) is 4.57 Å². The molecule has 0 aliphatic rings. The van der Waals surface area contributed by atoms with Gasteiger partial charge in [0, 0.05) is 6.07 Å². The van der Waals surface area contributed by atoms with Crippen molar-refractivity contribution in [1.29, 1.82) is 5.26 Å². The van der Waals surface area contributed by atoms with Gasteiger partial charge in [0.05, 0.1) is 17.3 Å². The van der Waals surface area contributed by atoms with Gasteiger partial charge < -0.3 is 10.5 Å². The van der Waals surface area contributed by atoms with Crippen molar-refractivity contribution >= 4 is 28.1 Å². The summed E-state index contributed by atoms with van der Waals surface area (Å²) in [5.41, 5.74) is 8.04. The Morgan fingerprint density at radius 2 is 1.74 bits per heavy atom. The van der Waals surface area contributed by atoms with E-state index >= 15 is 0 Å². The Hall–Kier alpha value is -3.42. The van der Waals surface area contributed by atoms with E-state index in [-0.39, 0.29) is 0 Å². The minimum atomic E-state index is 0.395. The van der Waals surface area contributed by atoms with Gasteiger partial charge in [-0.25, -0.2) is 0 Å². The molecule has 1 aromatic heterocycles. The number of nitriles is 1. The Bertz CT molecular complexity index is 1170. The minimum absolute atomic E-state index is 0.395. The molecule has 0 bridgehead atoms. The highest BCUT2D eigenvalue weighted by Gasteiger charge is 2.17. The first-order chi connectivity index (χ1) is 13.2. The summed E-state index contributed by atoms with van der Waals surface area (Å²) in [6, 6.07) is 25.2. The second-order valence-electron chi connectivity index (χ2n) is 6.16. The predicted molar refractivity (Wildman–Crippen MR) is 108 cm³/mol. The summed E-state index contributed by atoms with van der Waals surface area (Å²) < 4.78 is 7.77. The highest BCUT2D eigenvalue weighted by molar-refractivity contribution is 6.32. The standard InChI is InChI=1S/C22H16ClN3O/c23-19-10-3-4-11-21(19)27-22-20(25)12-17(13-24)26(22)14-16-8-5-7-15-6-1-2-9-18(15)16/h1-12H,14,25H2. The fourth-order valence-electron chi connectivity index (χ4n) is 3.15. The van der Waals surface area contributed by atoms with Crippen molar-refractivity contribution in [3.8, 4) is 17.7 Å². The summed E-state index contributed by atoms with van der Waals surface area (Å²) in [6.07, 6.45) is 0. The van der Waals surface area contributed by atoms with Crippen LogP contribution in [0.4, 0.5) is 5.69 Å². The Morgan fingerprint density at radius 1 is 1.00 bits per heavy atom. The molecule has 0 saturated carbocycles. The van der Waals surface area contributed by atoms with E-state index < -0.39 is 0 Å². The molecule has 27 heavy (non-hydrogen) atoms. The second kappa shape index (κ2) is 7.06. The van der Waals surface area contributed by atoms with Crippen LogP contribution in [0.1, 0.15) is 11.3 Å². The molecule has 0 aliphatic heterocycles. The molecule has 4 nitrogen and oxygen atoms in total. The average Bonchev–Trinajstić information content (AvgIpc) is 2.99. The number of fused-ring (bicyclic) bond motifs is 1. The van der Waals surface area contributed by atoms with E-state index in [1.165, 1.54) is 0 Å². The average molecular weight is 374 g/mol. The first-order valence-electron chi connectivity index (χ1n) is 8.45. The van der Waals surface area contributed by atoms with E-state index in [1.54, 1.807) is 22.8 Å². The Morgan fingerprint density at radius 3 is 2.56 bits per heavy atom. The van der Waals surface area contributed by atoms with Crippen molar-refractivity contribution in [2.24, 2.45) is 0 Å². The van der Waals surface area contributed by atoms with Crippen LogP contribution in [0, 0.1) is 11.3 Å². The number of nitrogen functional groups attached to an aromatic ring is 1. The van der Waals surface area contributed by atoms with Crippen LogP contribution in [-0.2, 0) is 6.54 Å². The lowest BCUT2D eigenvalue weighted by Gasteiger charge is -2.14. The molecule has 4 aromatic rings. The number of anilines is 1. The van der Waals surface area contributed by atoms with E-state index in [2.05, 4.69) is 24.3 Å². The normalized spacial score (nSPS) is 10.7. The molecule has 0 saturated heterocycles. The number of benzene rings is 3. The Labute approximate surface area is 162 Å². The zero-order valence-electron chi connectivity index (χ0n) is 14.4. The van der Waals surface area contributed by atoms with Crippen LogP contribution in [0.15, 0.2) is 72.8 Å². The summed E-state index contributed by atoms with van der Waals surface area (Å²) in [6.45, 7) is 0.460. The molecule has 0 unspecified atom stereocenters. The number of rotatable bonds is 4. The van der Waals surface area contributed by atoms with Crippen molar-refractivity contribution in [2.75, 3.05) is 5.73 Å². The molecular formula is C22H16ClN3O. The summed E-state index contributed by atoms with van der Waals surface area (Å²) in [5.74, 6) is 0.903. The highest BCUT2D eigenvalue weighted by Crippen LogP contribution is 2.35. The fraction of sp³-hybridized carbons (Fsp3) is 0.0455. The van der Waals surface area contributed by atoms with Gasteiger partial charge in [0.1, 0.15) is 17.5 Å². The lowest BCUT2D eigenvalue weighted by Crippen LogP contribution is -2.05. The molecule has 2 N–H and O–H groups in total. The lowest BCUT2D eigenvalue weighted by atomic mass is 10.0. The van der Waals surface area contributed by atoms with E-state index in [1.807, 2.05) is 36.4 Å². The summed E-state index contributed by atoms with van der Waals surface area (Å²) in [7, 11) is 0. The smallest absolute Gasteiger partial charge is 0.224 e. The molecule has 0 atom stereocenters. The summed E-state index contributed by atoms with van der Waals surface area (Å²) in [5, 5.41) is 12.3. The second-order valence-corrected chi connectivity index (χ2v) is 6.57. The largest absolute Gasteiger partial charge is 0.437 e. The molecular weight excluding hydrogens is 358 g/mol. The SMILES string of the molecule is N#Cc1cc(N)c(Oc2ccccc2Cl)n1Cc1cccc2ccccc12. The topological polar surface area (TPSA) is 64.0 Å². The summed E-state index contributed by atoms with van der Waals surface area (Å²) >= 11 is 6.22. The van der Waals surface area contributed by atoms with Gasteiger partial charge in [-0.05, 0) is 28.5 Å². The minimum Gasteiger partial charge on any atom is -0.437 e. The maximum atomic E-state index is 9.56. The van der Waals surface area contributed by atoms with Gasteiger partial charge in [-0.1, -0.05) is 66.2 Å². The van der Waals surface area contributed by atoms with E-state index in [9.17, 15) is 5.26 Å². The van der Waals surface area contributed by atoms with Crippen LogP contribution in [0.5, 0.6) is 11.6 Å².